The van der Waals surface area contributed by atoms with E-state index in [4.69, 9.17) is 4.74 Å². The largest absolute Gasteiger partial charge is 0.379 e. The molecule has 3 aliphatic rings. The standard InChI is InChI=1S/C18H31N3O3/c22-17-7-2-1-4-8-20(17)15-18(23)21-9-5-3-6-16(21)14-19-10-12-24-13-11-19/h16H,1-15H2. The summed E-state index contributed by atoms with van der Waals surface area (Å²) in [5.41, 5.74) is 0. The van der Waals surface area contributed by atoms with Crippen LogP contribution in [0.1, 0.15) is 44.9 Å². The van der Waals surface area contributed by atoms with Crippen LogP contribution in [0.4, 0.5) is 0 Å². The lowest BCUT2D eigenvalue weighted by Crippen LogP contribution is -2.53. The van der Waals surface area contributed by atoms with Gasteiger partial charge in [0.05, 0.1) is 19.8 Å². The summed E-state index contributed by atoms with van der Waals surface area (Å²) in [7, 11) is 0. The molecule has 0 radical (unpaired) electrons. The molecule has 1 unspecified atom stereocenters. The number of amides is 2. The summed E-state index contributed by atoms with van der Waals surface area (Å²) in [6.45, 7) is 6.32. The molecule has 0 bridgehead atoms. The van der Waals surface area contributed by atoms with Crippen LogP contribution in [0, 0.1) is 0 Å². The highest BCUT2D eigenvalue weighted by molar-refractivity contribution is 5.85. The van der Waals surface area contributed by atoms with E-state index in [1.807, 2.05) is 0 Å². The molecular formula is C18H31N3O3. The van der Waals surface area contributed by atoms with E-state index < -0.39 is 0 Å². The number of ether oxygens (including phenoxy) is 1. The smallest absolute Gasteiger partial charge is 0.242 e. The molecule has 24 heavy (non-hydrogen) atoms. The van der Waals surface area contributed by atoms with Crippen molar-refractivity contribution in [3.8, 4) is 0 Å². The van der Waals surface area contributed by atoms with Gasteiger partial charge in [-0.2, -0.15) is 0 Å². The molecule has 0 saturated carbocycles. The number of carbonyl (C=O) groups excluding carboxylic acids is 2. The summed E-state index contributed by atoms with van der Waals surface area (Å²) in [5.74, 6) is 0.297. The van der Waals surface area contributed by atoms with Crippen molar-refractivity contribution in [2.24, 2.45) is 0 Å². The summed E-state index contributed by atoms with van der Waals surface area (Å²) < 4.78 is 5.42. The predicted octanol–water partition coefficient (Wildman–Crippen LogP) is 1.10. The van der Waals surface area contributed by atoms with E-state index in [0.29, 0.717) is 12.5 Å². The average Bonchev–Trinajstić information content (AvgIpc) is 2.81. The minimum atomic E-state index is 0.142. The monoisotopic (exact) mass is 337 g/mol. The third kappa shape index (κ3) is 4.70. The quantitative estimate of drug-likeness (QED) is 0.771. The second kappa shape index (κ2) is 8.81. The first-order valence-electron chi connectivity index (χ1n) is 9.61. The van der Waals surface area contributed by atoms with Gasteiger partial charge < -0.3 is 14.5 Å². The van der Waals surface area contributed by atoms with Crippen molar-refractivity contribution in [2.75, 3.05) is 52.5 Å². The Bertz CT molecular complexity index is 437. The average molecular weight is 337 g/mol. The van der Waals surface area contributed by atoms with Gasteiger partial charge in [-0.1, -0.05) is 6.42 Å². The van der Waals surface area contributed by atoms with E-state index in [2.05, 4.69) is 9.80 Å². The molecule has 6 nitrogen and oxygen atoms in total. The zero-order valence-electron chi connectivity index (χ0n) is 14.8. The third-order valence-corrected chi connectivity index (χ3v) is 5.52. The maximum Gasteiger partial charge on any atom is 0.242 e. The van der Waals surface area contributed by atoms with E-state index in [1.165, 1.54) is 6.42 Å². The second-order valence-corrected chi connectivity index (χ2v) is 7.28. The Labute approximate surface area is 145 Å². The molecule has 1 atom stereocenters. The zero-order valence-corrected chi connectivity index (χ0v) is 14.8. The number of hydrogen-bond acceptors (Lipinski definition) is 4. The van der Waals surface area contributed by atoms with Crippen LogP contribution in [0.15, 0.2) is 0 Å². The summed E-state index contributed by atoms with van der Waals surface area (Å²) >= 11 is 0. The first-order chi connectivity index (χ1) is 11.7. The molecule has 3 aliphatic heterocycles. The summed E-state index contributed by atoms with van der Waals surface area (Å²) in [5, 5.41) is 0. The van der Waals surface area contributed by atoms with Gasteiger partial charge in [-0.15, -0.1) is 0 Å². The van der Waals surface area contributed by atoms with Crippen molar-refractivity contribution >= 4 is 11.8 Å². The highest BCUT2D eigenvalue weighted by Crippen LogP contribution is 2.20. The van der Waals surface area contributed by atoms with Crippen molar-refractivity contribution < 1.29 is 14.3 Å². The summed E-state index contributed by atoms with van der Waals surface area (Å²) in [4.78, 5) is 31.3. The Morgan fingerprint density at radius 3 is 2.62 bits per heavy atom. The fourth-order valence-corrected chi connectivity index (χ4v) is 4.06. The van der Waals surface area contributed by atoms with Gasteiger partial charge in [-0.3, -0.25) is 14.5 Å². The lowest BCUT2D eigenvalue weighted by Gasteiger charge is -2.40. The van der Waals surface area contributed by atoms with Gasteiger partial charge in [-0.25, -0.2) is 0 Å². The number of morpholine rings is 1. The number of hydrogen-bond donors (Lipinski definition) is 0. The van der Waals surface area contributed by atoms with Crippen LogP contribution in [-0.2, 0) is 14.3 Å². The van der Waals surface area contributed by atoms with Crippen LogP contribution >= 0.6 is 0 Å². The maximum absolute atomic E-state index is 12.9. The van der Waals surface area contributed by atoms with Gasteiger partial charge in [-0.05, 0) is 32.1 Å². The molecule has 0 N–H and O–H groups in total. The van der Waals surface area contributed by atoms with E-state index in [-0.39, 0.29) is 18.4 Å². The lowest BCUT2D eigenvalue weighted by atomic mass is 10.0. The topological polar surface area (TPSA) is 53.1 Å². The van der Waals surface area contributed by atoms with Crippen molar-refractivity contribution in [1.82, 2.24) is 14.7 Å². The number of nitrogens with zero attached hydrogens (tertiary/aromatic N) is 3. The number of rotatable bonds is 4. The van der Waals surface area contributed by atoms with Gasteiger partial charge in [0.25, 0.3) is 0 Å². The van der Waals surface area contributed by atoms with Crippen LogP contribution in [0.25, 0.3) is 0 Å². The molecule has 136 valence electrons. The van der Waals surface area contributed by atoms with Gasteiger partial charge in [0, 0.05) is 45.2 Å². The molecule has 3 rings (SSSR count). The molecule has 3 heterocycles. The molecule has 0 aromatic rings. The van der Waals surface area contributed by atoms with Crippen LogP contribution in [-0.4, -0.2) is 85.0 Å². The third-order valence-electron chi connectivity index (χ3n) is 5.52. The first-order valence-corrected chi connectivity index (χ1v) is 9.61. The maximum atomic E-state index is 12.9. The zero-order chi connectivity index (χ0) is 16.8. The molecule has 0 aromatic heterocycles. The Kier molecular flexibility index (Phi) is 6.49. The van der Waals surface area contributed by atoms with Crippen LogP contribution in [0.3, 0.4) is 0 Å². The first kappa shape index (κ1) is 17.7. The minimum absolute atomic E-state index is 0.142. The summed E-state index contributed by atoms with van der Waals surface area (Å²) in [6, 6.07) is 0.298. The molecule has 0 aliphatic carbocycles. The highest BCUT2D eigenvalue weighted by atomic mass is 16.5. The molecule has 6 heteroatoms. The molecule has 0 spiro atoms. The minimum Gasteiger partial charge on any atom is -0.379 e. The highest BCUT2D eigenvalue weighted by Gasteiger charge is 2.30. The van der Waals surface area contributed by atoms with Gasteiger partial charge >= 0.3 is 0 Å². The number of piperidine rings is 1. The van der Waals surface area contributed by atoms with Crippen molar-refractivity contribution in [1.29, 1.82) is 0 Å². The predicted molar refractivity (Wildman–Crippen MR) is 91.7 cm³/mol. The van der Waals surface area contributed by atoms with Crippen LogP contribution in [0.5, 0.6) is 0 Å². The van der Waals surface area contributed by atoms with Crippen LogP contribution < -0.4 is 0 Å². The Morgan fingerprint density at radius 2 is 1.79 bits per heavy atom. The van der Waals surface area contributed by atoms with E-state index in [0.717, 1.165) is 78.0 Å². The SMILES string of the molecule is O=C1CCCCCN1CC(=O)N1CCCCC1CN1CCOCC1. The normalized spacial score (nSPS) is 27.2. The van der Waals surface area contributed by atoms with E-state index in [9.17, 15) is 9.59 Å². The van der Waals surface area contributed by atoms with Gasteiger partial charge in [0.15, 0.2) is 0 Å². The van der Waals surface area contributed by atoms with Gasteiger partial charge in [0.2, 0.25) is 11.8 Å². The van der Waals surface area contributed by atoms with Crippen molar-refractivity contribution in [3.63, 3.8) is 0 Å². The number of carbonyl (C=O) groups is 2. The van der Waals surface area contributed by atoms with Crippen molar-refractivity contribution in [3.05, 3.63) is 0 Å². The van der Waals surface area contributed by atoms with E-state index >= 15 is 0 Å². The Balaban J connectivity index is 1.56. The Morgan fingerprint density at radius 1 is 1.00 bits per heavy atom. The molecule has 0 aromatic carbocycles. The number of likely N-dealkylation sites (tertiary alicyclic amines) is 2. The molecular weight excluding hydrogens is 306 g/mol. The molecule has 3 fully saturated rings. The van der Waals surface area contributed by atoms with E-state index in [1.54, 1.807) is 4.90 Å². The lowest BCUT2D eigenvalue weighted by molar-refractivity contribution is -0.143. The summed E-state index contributed by atoms with van der Waals surface area (Å²) in [6.07, 6.45) is 7.05. The molecule has 2 amide bonds. The second-order valence-electron chi connectivity index (χ2n) is 7.28. The Hall–Kier alpha value is -1.14. The molecule has 3 saturated heterocycles. The van der Waals surface area contributed by atoms with Gasteiger partial charge in [0.1, 0.15) is 0 Å². The van der Waals surface area contributed by atoms with Crippen molar-refractivity contribution in [2.45, 2.75) is 51.0 Å². The fourth-order valence-electron chi connectivity index (χ4n) is 4.06. The van der Waals surface area contributed by atoms with Crippen LogP contribution in [0.2, 0.25) is 0 Å². The fraction of sp³-hybridized carbons (Fsp3) is 0.889.